The maximum atomic E-state index is 12.4. The molecule has 29 heavy (non-hydrogen) atoms. The quantitative estimate of drug-likeness (QED) is 0.426. The minimum atomic E-state index is -1.08. The van der Waals surface area contributed by atoms with Gasteiger partial charge in [0.05, 0.1) is 18.4 Å². The van der Waals surface area contributed by atoms with Crippen molar-refractivity contribution in [3.63, 3.8) is 0 Å². The Bertz CT molecular complexity index is 806. The SMILES string of the molecule is CCOc1ccc(NC(=O)[C@@H](C)OC(=O)CN2C(=O)[C@H]3CC=CC[C@H]3C2=O)cc1. The van der Waals surface area contributed by atoms with Crippen molar-refractivity contribution in [1.29, 1.82) is 0 Å². The van der Waals surface area contributed by atoms with E-state index in [9.17, 15) is 19.2 Å². The summed E-state index contributed by atoms with van der Waals surface area (Å²) < 4.78 is 10.5. The first kappa shape index (κ1) is 20.6. The zero-order valence-corrected chi connectivity index (χ0v) is 16.4. The number of ether oxygens (including phenoxy) is 2. The summed E-state index contributed by atoms with van der Waals surface area (Å²) in [7, 11) is 0. The van der Waals surface area contributed by atoms with Gasteiger partial charge in [-0.05, 0) is 51.0 Å². The number of anilines is 1. The molecule has 8 nitrogen and oxygen atoms in total. The minimum Gasteiger partial charge on any atom is -0.494 e. The molecule has 3 amide bonds. The van der Waals surface area contributed by atoms with Gasteiger partial charge in [0.1, 0.15) is 12.3 Å². The molecule has 1 heterocycles. The summed E-state index contributed by atoms with van der Waals surface area (Å²) >= 11 is 0. The summed E-state index contributed by atoms with van der Waals surface area (Å²) in [6, 6.07) is 6.78. The zero-order valence-electron chi connectivity index (χ0n) is 16.4. The summed E-state index contributed by atoms with van der Waals surface area (Å²) in [5.74, 6) is -2.14. The van der Waals surface area contributed by atoms with Crippen molar-refractivity contribution in [3.05, 3.63) is 36.4 Å². The predicted octanol–water partition coefficient (Wildman–Crippen LogP) is 1.91. The molecular weight excluding hydrogens is 376 g/mol. The number of hydrogen-bond acceptors (Lipinski definition) is 6. The van der Waals surface area contributed by atoms with E-state index in [4.69, 9.17) is 9.47 Å². The number of imide groups is 1. The second-order valence-corrected chi connectivity index (χ2v) is 7.00. The summed E-state index contributed by atoms with van der Waals surface area (Å²) in [6.45, 7) is 3.36. The molecule has 1 aliphatic carbocycles. The van der Waals surface area contributed by atoms with Crippen LogP contribution < -0.4 is 10.1 Å². The number of carbonyl (C=O) groups is 4. The molecule has 0 spiro atoms. The smallest absolute Gasteiger partial charge is 0.326 e. The van der Waals surface area contributed by atoms with Gasteiger partial charge in [-0.2, -0.15) is 0 Å². The highest BCUT2D eigenvalue weighted by Crippen LogP contribution is 2.34. The highest BCUT2D eigenvalue weighted by atomic mass is 16.5. The van der Waals surface area contributed by atoms with Crippen molar-refractivity contribution in [2.24, 2.45) is 11.8 Å². The van der Waals surface area contributed by atoms with E-state index in [1.807, 2.05) is 19.1 Å². The van der Waals surface area contributed by atoms with Crippen LogP contribution in [0.2, 0.25) is 0 Å². The Morgan fingerprint density at radius 2 is 1.69 bits per heavy atom. The van der Waals surface area contributed by atoms with Crippen molar-refractivity contribution < 1.29 is 28.7 Å². The Balaban J connectivity index is 1.51. The monoisotopic (exact) mass is 400 g/mol. The Hall–Kier alpha value is -3.16. The number of likely N-dealkylation sites (tertiary alicyclic amines) is 1. The van der Waals surface area contributed by atoms with Crippen LogP contribution >= 0.6 is 0 Å². The molecule has 3 atom stereocenters. The molecule has 1 aliphatic heterocycles. The lowest BCUT2D eigenvalue weighted by Crippen LogP contribution is -2.39. The van der Waals surface area contributed by atoms with E-state index in [1.54, 1.807) is 24.3 Å². The molecule has 8 heteroatoms. The van der Waals surface area contributed by atoms with Gasteiger partial charge in [-0.25, -0.2) is 0 Å². The Labute approximate surface area is 168 Å². The number of nitrogens with zero attached hydrogens (tertiary/aromatic N) is 1. The third kappa shape index (κ3) is 4.64. The lowest BCUT2D eigenvalue weighted by Gasteiger charge is -2.17. The lowest BCUT2D eigenvalue weighted by molar-refractivity contribution is -0.158. The van der Waals surface area contributed by atoms with Crippen molar-refractivity contribution in [2.45, 2.75) is 32.8 Å². The molecule has 0 saturated carbocycles. The maximum absolute atomic E-state index is 12.4. The zero-order chi connectivity index (χ0) is 21.0. The fourth-order valence-corrected chi connectivity index (χ4v) is 3.49. The Kier molecular flexibility index (Phi) is 6.31. The van der Waals surface area contributed by atoms with E-state index in [0.717, 1.165) is 4.90 Å². The van der Waals surface area contributed by atoms with Crippen LogP contribution in [0.25, 0.3) is 0 Å². The number of benzene rings is 1. The van der Waals surface area contributed by atoms with Crippen LogP contribution in [0.15, 0.2) is 36.4 Å². The van der Waals surface area contributed by atoms with Crippen molar-refractivity contribution in [1.82, 2.24) is 4.90 Å². The van der Waals surface area contributed by atoms with E-state index >= 15 is 0 Å². The molecule has 1 aromatic carbocycles. The van der Waals surface area contributed by atoms with Crippen molar-refractivity contribution >= 4 is 29.4 Å². The average molecular weight is 400 g/mol. The number of nitrogens with one attached hydrogen (secondary N) is 1. The van der Waals surface area contributed by atoms with Crippen LogP contribution in [0.4, 0.5) is 5.69 Å². The van der Waals surface area contributed by atoms with E-state index in [-0.39, 0.29) is 11.8 Å². The number of esters is 1. The van der Waals surface area contributed by atoms with Gasteiger partial charge < -0.3 is 14.8 Å². The average Bonchev–Trinajstić information content (AvgIpc) is 2.95. The van der Waals surface area contributed by atoms with Gasteiger partial charge in [0.25, 0.3) is 5.91 Å². The predicted molar refractivity (Wildman–Crippen MR) is 104 cm³/mol. The lowest BCUT2D eigenvalue weighted by atomic mass is 9.85. The van der Waals surface area contributed by atoms with Gasteiger partial charge >= 0.3 is 5.97 Å². The van der Waals surface area contributed by atoms with Crippen LogP contribution in [-0.2, 0) is 23.9 Å². The molecule has 0 aromatic heterocycles. The fourth-order valence-electron chi connectivity index (χ4n) is 3.49. The summed E-state index contributed by atoms with van der Waals surface area (Å²) in [4.78, 5) is 50.2. The van der Waals surface area contributed by atoms with E-state index in [1.165, 1.54) is 6.92 Å². The molecule has 1 N–H and O–H groups in total. The van der Waals surface area contributed by atoms with Crippen LogP contribution in [0.5, 0.6) is 5.75 Å². The molecule has 0 radical (unpaired) electrons. The van der Waals surface area contributed by atoms with E-state index in [2.05, 4.69) is 5.32 Å². The Morgan fingerprint density at radius 3 is 2.24 bits per heavy atom. The van der Waals surface area contributed by atoms with Crippen LogP contribution in [0, 0.1) is 11.8 Å². The van der Waals surface area contributed by atoms with Gasteiger partial charge in [-0.15, -0.1) is 0 Å². The number of fused-ring (bicyclic) bond motifs is 1. The second-order valence-electron chi connectivity index (χ2n) is 7.00. The summed E-state index contributed by atoms with van der Waals surface area (Å²) in [5.41, 5.74) is 0.530. The summed E-state index contributed by atoms with van der Waals surface area (Å²) in [6.07, 6.45) is 3.68. The molecule has 0 unspecified atom stereocenters. The first-order valence-electron chi connectivity index (χ1n) is 9.64. The van der Waals surface area contributed by atoms with Gasteiger partial charge in [0.15, 0.2) is 6.10 Å². The molecule has 154 valence electrons. The summed E-state index contributed by atoms with van der Waals surface area (Å²) in [5, 5.41) is 2.64. The number of allylic oxidation sites excluding steroid dienone is 2. The molecule has 3 rings (SSSR count). The van der Waals surface area contributed by atoms with Gasteiger partial charge in [0.2, 0.25) is 11.8 Å². The normalized spacial score (nSPS) is 21.5. The van der Waals surface area contributed by atoms with Crippen molar-refractivity contribution in [2.75, 3.05) is 18.5 Å². The maximum Gasteiger partial charge on any atom is 0.326 e. The molecule has 1 saturated heterocycles. The van der Waals surface area contributed by atoms with E-state index in [0.29, 0.717) is 30.9 Å². The molecule has 0 bridgehead atoms. The first-order chi connectivity index (χ1) is 13.9. The number of rotatable bonds is 7. The molecular formula is C21H24N2O6. The number of carbonyl (C=O) groups excluding carboxylic acids is 4. The molecule has 2 aliphatic rings. The highest BCUT2D eigenvalue weighted by Gasteiger charge is 2.47. The van der Waals surface area contributed by atoms with Crippen LogP contribution in [-0.4, -0.2) is 47.8 Å². The standard InChI is InChI=1S/C21H24N2O6/c1-3-28-15-10-8-14(9-11-15)22-19(25)13(2)29-18(24)12-23-20(26)16-6-4-5-7-17(16)21(23)27/h4-5,8-11,13,16-17H,3,6-7,12H2,1-2H3,(H,22,25)/t13-,16-,17+/m1/s1. The largest absolute Gasteiger partial charge is 0.494 e. The number of amides is 3. The van der Waals surface area contributed by atoms with Crippen LogP contribution in [0.3, 0.4) is 0 Å². The third-order valence-electron chi connectivity index (χ3n) is 5.00. The highest BCUT2D eigenvalue weighted by molar-refractivity contribution is 6.07. The molecule has 1 fully saturated rings. The van der Waals surface area contributed by atoms with E-state index < -0.39 is 36.4 Å². The molecule has 1 aromatic rings. The third-order valence-corrected chi connectivity index (χ3v) is 5.00. The van der Waals surface area contributed by atoms with Crippen molar-refractivity contribution in [3.8, 4) is 5.75 Å². The second kappa shape index (κ2) is 8.89. The van der Waals surface area contributed by atoms with Crippen LogP contribution in [0.1, 0.15) is 26.7 Å². The minimum absolute atomic E-state index is 0.354. The van der Waals surface area contributed by atoms with Gasteiger partial charge in [-0.3, -0.25) is 24.1 Å². The van der Waals surface area contributed by atoms with Gasteiger partial charge in [-0.1, -0.05) is 12.2 Å². The fraction of sp³-hybridized carbons (Fsp3) is 0.429. The first-order valence-corrected chi connectivity index (χ1v) is 9.64. The Morgan fingerprint density at radius 1 is 1.10 bits per heavy atom. The topological polar surface area (TPSA) is 102 Å². The number of hydrogen-bond donors (Lipinski definition) is 1. The van der Waals surface area contributed by atoms with Gasteiger partial charge in [0, 0.05) is 5.69 Å².